The molecule has 0 spiro atoms. The van der Waals surface area contributed by atoms with Crippen molar-refractivity contribution in [3.05, 3.63) is 29.1 Å². The molecular formula is C13H18N2O. The first kappa shape index (κ1) is 10.2. The molecule has 3 heterocycles. The smallest absolute Gasteiger partial charge is 0.0472 e. The maximum Gasteiger partial charge on any atom is 0.0472 e. The van der Waals surface area contributed by atoms with Gasteiger partial charge in [0.05, 0.1) is 0 Å². The van der Waals surface area contributed by atoms with Crippen LogP contribution in [0.1, 0.15) is 35.7 Å². The Morgan fingerprint density at radius 2 is 2.12 bits per heavy atom. The van der Waals surface area contributed by atoms with Crippen LogP contribution in [0.5, 0.6) is 0 Å². The summed E-state index contributed by atoms with van der Waals surface area (Å²) in [5, 5.41) is 3.38. The Bertz CT molecular complexity index is 372. The van der Waals surface area contributed by atoms with E-state index in [1.807, 2.05) is 0 Å². The lowest BCUT2D eigenvalue weighted by atomic mass is 9.94. The summed E-state index contributed by atoms with van der Waals surface area (Å²) >= 11 is 0. The molecule has 3 rings (SSSR count). The number of fused-ring (bicyclic) bond motifs is 1. The van der Waals surface area contributed by atoms with Gasteiger partial charge in [-0.3, -0.25) is 4.98 Å². The molecule has 0 unspecified atom stereocenters. The van der Waals surface area contributed by atoms with Crippen molar-refractivity contribution in [1.82, 2.24) is 10.3 Å². The topological polar surface area (TPSA) is 34.1 Å². The maximum absolute atomic E-state index is 5.40. The van der Waals surface area contributed by atoms with Crippen molar-refractivity contribution in [2.24, 2.45) is 0 Å². The predicted molar refractivity (Wildman–Crippen MR) is 62.4 cm³/mol. The molecule has 0 radical (unpaired) electrons. The van der Waals surface area contributed by atoms with E-state index in [-0.39, 0.29) is 0 Å². The van der Waals surface area contributed by atoms with Gasteiger partial charge in [0.1, 0.15) is 0 Å². The molecule has 0 atom stereocenters. The Labute approximate surface area is 96.2 Å². The first-order valence-corrected chi connectivity index (χ1v) is 6.20. The standard InChI is InChI=1S/C13H18N2O/c1-2-12(10-4-7-16-8-5-10)15-13-3-6-14-9-11(1)13/h1-2,10,14H,3-9H2. The number of hydrogen-bond acceptors (Lipinski definition) is 3. The summed E-state index contributed by atoms with van der Waals surface area (Å²) in [5.41, 5.74) is 3.97. The minimum absolute atomic E-state index is 0.619. The van der Waals surface area contributed by atoms with Crippen LogP contribution in [0.15, 0.2) is 12.1 Å². The molecule has 1 aromatic heterocycles. The van der Waals surface area contributed by atoms with Gasteiger partial charge >= 0.3 is 0 Å². The van der Waals surface area contributed by atoms with Gasteiger partial charge in [0.25, 0.3) is 0 Å². The number of ether oxygens (including phenoxy) is 1. The molecule has 1 aromatic rings. The summed E-state index contributed by atoms with van der Waals surface area (Å²) < 4.78 is 5.40. The Kier molecular flexibility index (Phi) is 2.89. The van der Waals surface area contributed by atoms with Gasteiger partial charge < -0.3 is 10.1 Å². The molecule has 0 bridgehead atoms. The third-order valence-electron chi connectivity index (χ3n) is 3.58. The van der Waals surface area contributed by atoms with Crippen molar-refractivity contribution in [2.75, 3.05) is 19.8 Å². The van der Waals surface area contributed by atoms with Crippen LogP contribution in [0.2, 0.25) is 0 Å². The van der Waals surface area contributed by atoms with E-state index in [9.17, 15) is 0 Å². The quantitative estimate of drug-likeness (QED) is 0.777. The normalized spacial score (nSPS) is 21.8. The Morgan fingerprint density at radius 3 is 3.00 bits per heavy atom. The van der Waals surface area contributed by atoms with Crippen molar-refractivity contribution in [1.29, 1.82) is 0 Å². The zero-order chi connectivity index (χ0) is 10.8. The molecule has 0 aromatic carbocycles. The van der Waals surface area contributed by atoms with Crippen LogP contribution >= 0.6 is 0 Å². The van der Waals surface area contributed by atoms with Crippen LogP contribution in [-0.2, 0) is 17.7 Å². The third-order valence-corrected chi connectivity index (χ3v) is 3.58. The number of nitrogens with zero attached hydrogens (tertiary/aromatic N) is 1. The maximum atomic E-state index is 5.40. The largest absolute Gasteiger partial charge is 0.381 e. The molecule has 0 amide bonds. The summed E-state index contributed by atoms with van der Waals surface area (Å²) in [7, 11) is 0. The van der Waals surface area contributed by atoms with Gasteiger partial charge in [0.2, 0.25) is 0 Å². The molecule has 16 heavy (non-hydrogen) atoms. The van der Waals surface area contributed by atoms with Crippen LogP contribution in [0, 0.1) is 0 Å². The molecule has 3 nitrogen and oxygen atoms in total. The van der Waals surface area contributed by atoms with Crippen molar-refractivity contribution >= 4 is 0 Å². The van der Waals surface area contributed by atoms with Crippen LogP contribution in [0.25, 0.3) is 0 Å². The van der Waals surface area contributed by atoms with Crippen molar-refractivity contribution in [3.63, 3.8) is 0 Å². The van der Waals surface area contributed by atoms with Crippen LogP contribution in [0.3, 0.4) is 0 Å². The highest BCUT2D eigenvalue weighted by Crippen LogP contribution is 2.26. The molecule has 3 heteroatoms. The number of aromatic nitrogens is 1. The second-order valence-corrected chi connectivity index (χ2v) is 4.66. The summed E-state index contributed by atoms with van der Waals surface area (Å²) in [6.07, 6.45) is 3.33. The fourth-order valence-corrected chi connectivity index (χ4v) is 2.58. The Balaban J connectivity index is 1.84. The molecule has 1 N–H and O–H groups in total. The second-order valence-electron chi connectivity index (χ2n) is 4.66. The minimum Gasteiger partial charge on any atom is -0.381 e. The lowest BCUT2D eigenvalue weighted by Crippen LogP contribution is -2.25. The van der Waals surface area contributed by atoms with Crippen molar-refractivity contribution in [3.8, 4) is 0 Å². The number of hydrogen-bond donors (Lipinski definition) is 1. The van der Waals surface area contributed by atoms with Gasteiger partial charge in [-0.25, -0.2) is 0 Å². The fourth-order valence-electron chi connectivity index (χ4n) is 2.58. The first-order chi connectivity index (χ1) is 7.93. The monoisotopic (exact) mass is 218 g/mol. The van der Waals surface area contributed by atoms with Crippen molar-refractivity contribution in [2.45, 2.75) is 31.7 Å². The molecule has 2 aliphatic heterocycles. The highest BCUT2D eigenvalue weighted by molar-refractivity contribution is 5.26. The number of rotatable bonds is 1. The molecule has 1 fully saturated rings. The molecule has 1 saturated heterocycles. The Hall–Kier alpha value is -0.930. The van der Waals surface area contributed by atoms with Crippen LogP contribution < -0.4 is 5.32 Å². The summed E-state index contributed by atoms with van der Waals surface area (Å²) in [6.45, 7) is 3.84. The Morgan fingerprint density at radius 1 is 1.25 bits per heavy atom. The molecule has 0 aliphatic carbocycles. The molecule has 86 valence electrons. The van der Waals surface area contributed by atoms with Crippen LogP contribution in [-0.4, -0.2) is 24.7 Å². The molecule has 2 aliphatic rings. The van der Waals surface area contributed by atoms with Gasteiger partial charge in [0, 0.05) is 50.0 Å². The first-order valence-electron chi connectivity index (χ1n) is 6.20. The zero-order valence-corrected chi connectivity index (χ0v) is 9.54. The van der Waals surface area contributed by atoms with Gasteiger partial charge in [-0.1, -0.05) is 6.07 Å². The van der Waals surface area contributed by atoms with E-state index >= 15 is 0 Å². The molecular weight excluding hydrogens is 200 g/mol. The van der Waals surface area contributed by atoms with E-state index in [1.54, 1.807) is 0 Å². The zero-order valence-electron chi connectivity index (χ0n) is 9.54. The van der Waals surface area contributed by atoms with E-state index in [0.29, 0.717) is 5.92 Å². The van der Waals surface area contributed by atoms with E-state index in [4.69, 9.17) is 9.72 Å². The van der Waals surface area contributed by atoms with Crippen LogP contribution in [0.4, 0.5) is 0 Å². The summed E-state index contributed by atoms with van der Waals surface area (Å²) in [4.78, 5) is 4.84. The predicted octanol–water partition coefficient (Wildman–Crippen LogP) is 1.62. The van der Waals surface area contributed by atoms with E-state index < -0.39 is 0 Å². The SMILES string of the molecule is c1cc2c(nc1C1CCOCC1)CCNC2. The highest BCUT2D eigenvalue weighted by atomic mass is 16.5. The van der Waals surface area contributed by atoms with Gasteiger partial charge in [-0.2, -0.15) is 0 Å². The number of nitrogens with one attached hydrogen (secondary N) is 1. The summed E-state index contributed by atoms with van der Waals surface area (Å²) in [5.74, 6) is 0.619. The van der Waals surface area contributed by atoms with E-state index in [0.717, 1.165) is 45.6 Å². The second kappa shape index (κ2) is 4.52. The van der Waals surface area contributed by atoms with Gasteiger partial charge in [-0.15, -0.1) is 0 Å². The van der Waals surface area contributed by atoms with Crippen molar-refractivity contribution < 1.29 is 4.74 Å². The highest BCUT2D eigenvalue weighted by Gasteiger charge is 2.19. The summed E-state index contributed by atoms with van der Waals surface area (Å²) in [6, 6.07) is 4.46. The third kappa shape index (κ3) is 1.97. The van der Waals surface area contributed by atoms with E-state index in [1.165, 1.54) is 17.0 Å². The van der Waals surface area contributed by atoms with Gasteiger partial charge in [0.15, 0.2) is 0 Å². The lowest BCUT2D eigenvalue weighted by Gasteiger charge is -2.23. The lowest BCUT2D eigenvalue weighted by molar-refractivity contribution is 0.0844. The minimum atomic E-state index is 0.619. The average Bonchev–Trinajstić information content (AvgIpc) is 2.39. The fraction of sp³-hybridized carbons (Fsp3) is 0.615. The average molecular weight is 218 g/mol. The van der Waals surface area contributed by atoms with E-state index in [2.05, 4.69) is 17.4 Å². The molecule has 0 saturated carbocycles. The van der Waals surface area contributed by atoms with Gasteiger partial charge in [-0.05, 0) is 24.5 Å². The number of pyridine rings is 1.